The highest BCUT2D eigenvalue weighted by Gasteiger charge is 2.51. The van der Waals surface area contributed by atoms with Crippen LogP contribution in [0.5, 0.6) is 0 Å². The molecule has 1 aromatic heterocycles. The molecule has 0 spiro atoms. The molecule has 4 rings (SSSR count). The van der Waals surface area contributed by atoms with Crippen molar-refractivity contribution in [3.63, 3.8) is 0 Å². The molecule has 1 saturated heterocycles. The Morgan fingerprint density at radius 3 is 2.70 bits per heavy atom. The van der Waals surface area contributed by atoms with E-state index in [9.17, 15) is 18.3 Å². The molecule has 2 heterocycles. The molecular formula is C19H25N3O4S. The normalized spacial score (nSPS) is 26.6. The van der Waals surface area contributed by atoms with Crippen molar-refractivity contribution < 1.29 is 18.3 Å². The van der Waals surface area contributed by atoms with Crippen LogP contribution < -0.4 is 0 Å². The number of fused-ring (bicyclic) bond motifs is 2. The monoisotopic (exact) mass is 391 g/mol. The van der Waals surface area contributed by atoms with E-state index in [1.807, 2.05) is 18.5 Å². The Morgan fingerprint density at radius 1 is 1.26 bits per heavy atom. The van der Waals surface area contributed by atoms with Gasteiger partial charge in [-0.1, -0.05) is 12.8 Å². The minimum Gasteiger partial charge on any atom is -0.480 e. The molecule has 7 nitrogen and oxygen atoms in total. The first-order chi connectivity index (χ1) is 12.8. The number of aromatic nitrogens is 2. The predicted octanol–water partition coefficient (Wildman–Crippen LogP) is 3.02. The quantitative estimate of drug-likeness (QED) is 0.865. The summed E-state index contributed by atoms with van der Waals surface area (Å²) in [5, 5.41) is 14.7. The Bertz CT molecular complexity index is 982. The first-order valence-electron chi connectivity index (χ1n) is 9.54. The van der Waals surface area contributed by atoms with Crippen LogP contribution in [0.2, 0.25) is 0 Å². The Hall–Kier alpha value is -1.93. The number of carbonyl (C=O) groups is 1. The standard InChI is InChI=1S/C19H25N3O4S/c1-12(2)21-16-8-7-15(9-14(16)11-20-21)27(25,26)22-17-6-4-3-5-13(17)10-18(22)19(23)24/h7-9,11-13,17-18H,3-6,10H2,1-2H3,(H,23,24). The van der Waals surface area contributed by atoms with Crippen LogP contribution in [0.4, 0.5) is 0 Å². The van der Waals surface area contributed by atoms with Crippen molar-refractivity contribution in [3.8, 4) is 0 Å². The Morgan fingerprint density at radius 2 is 2.00 bits per heavy atom. The van der Waals surface area contributed by atoms with Crippen LogP contribution in [0.1, 0.15) is 52.0 Å². The molecule has 0 amide bonds. The molecule has 1 aliphatic carbocycles. The Labute approximate surface area is 159 Å². The summed E-state index contributed by atoms with van der Waals surface area (Å²) in [6.45, 7) is 4.03. The number of rotatable bonds is 4. The molecule has 2 fully saturated rings. The average molecular weight is 391 g/mol. The SMILES string of the molecule is CC(C)n1ncc2cc(S(=O)(=O)N3C(C(=O)O)CC4CCCCC43)ccc21. The van der Waals surface area contributed by atoms with Crippen LogP contribution in [0.15, 0.2) is 29.3 Å². The van der Waals surface area contributed by atoms with Crippen molar-refractivity contribution in [2.45, 2.75) is 69.0 Å². The van der Waals surface area contributed by atoms with E-state index in [1.54, 1.807) is 24.4 Å². The number of carboxylic acid groups (broad SMARTS) is 1. The van der Waals surface area contributed by atoms with Gasteiger partial charge in [0.05, 0.1) is 16.6 Å². The fourth-order valence-corrected chi connectivity index (χ4v) is 6.60. The van der Waals surface area contributed by atoms with Gasteiger partial charge in [0.15, 0.2) is 0 Å². The number of carboxylic acids is 1. The number of nitrogens with zero attached hydrogens (tertiary/aromatic N) is 3. The molecule has 146 valence electrons. The van der Waals surface area contributed by atoms with Gasteiger partial charge >= 0.3 is 5.97 Å². The maximum absolute atomic E-state index is 13.4. The molecule has 0 radical (unpaired) electrons. The summed E-state index contributed by atoms with van der Waals surface area (Å²) in [6.07, 6.45) is 5.70. The van der Waals surface area contributed by atoms with Crippen molar-refractivity contribution >= 4 is 26.9 Å². The smallest absolute Gasteiger partial charge is 0.322 e. The van der Waals surface area contributed by atoms with E-state index in [4.69, 9.17) is 0 Å². The lowest BCUT2D eigenvalue weighted by molar-refractivity contribution is -0.141. The molecule has 3 atom stereocenters. The van der Waals surface area contributed by atoms with Crippen molar-refractivity contribution in [2.24, 2.45) is 5.92 Å². The Balaban J connectivity index is 1.77. The van der Waals surface area contributed by atoms with Crippen LogP contribution in [0.3, 0.4) is 0 Å². The minimum atomic E-state index is -3.89. The van der Waals surface area contributed by atoms with Gasteiger partial charge in [-0.15, -0.1) is 0 Å². The van der Waals surface area contributed by atoms with Gasteiger partial charge in [-0.05, 0) is 57.2 Å². The van der Waals surface area contributed by atoms with E-state index >= 15 is 0 Å². The van der Waals surface area contributed by atoms with Gasteiger partial charge in [-0.25, -0.2) is 8.42 Å². The first kappa shape index (κ1) is 18.4. The summed E-state index contributed by atoms with van der Waals surface area (Å²) in [7, 11) is -3.89. The third kappa shape index (κ3) is 2.95. The summed E-state index contributed by atoms with van der Waals surface area (Å²) in [6, 6.07) is 3.94. The third-order valence-electron chi connectivity index (χ3n) is 5.95. The number of hydrogen-bond donors (Lipinski definition) is 1. The summed E-state index contributed by atoms with van der Waals surface area (Å²) < 4.78 is 30.0. The van der Waals surface area contributed by atoms with Crippen LogP contribution >= 0.6 is 0 Å². The molecule has 1 N–H and O–H groups in total. The molecule has 1 aromatic carbocycles. The molecule has 27 heavy (non-hydrogen) atoms. The lowest BCUT2D eigenvalue weighted by atomic mass is 9.85. The summed E-state index contributed by atoms with van der Waals surface area (Å²) in [5.41, 5.74) is 0.871. The first-order valence-corrected chi connectivity index (χ1v) is 11.0. The third-order valence-corrected chi connectivity index (χ3v) is 7.88. The molecule has 1 aliphatic heterocycles. The summed E-state index contributed by atoms with van der Waals surface area (Å²) in [4.78, 5) is 12.0. The topological polar surface area (TPSA) is 92.5 Å². The molecule has 0 bridgehead atoms. The van der Waals surface area contributed by atoms with E-state index in [0.717, 1.165) is 36.6 Å². The van der Waals surface area contributed by atoms with Crippen LogP contribution in [-0.4, -0.2) is 45.7 Å². The van der Waals surface area contributed by atoms with Crippen LogP contribution in [-0.2, 0) is 14.8 Å². The molecule has 2 aromatic rings. The van der Waals surface area contributed by atoms with Crippen molar-refractivity contribution in [3.05, 3.63) is 24.4 Å². The van der Waals surface area contributed by atoms with E-state index in [0.29, 0.717) is 6.42 Å². The Kier molecular flexibility index (Phi) is 4.50. The van der Waals surface area contributed by atoms with Gasteiger partial charge in [-0.2, -0.15) is 9.40 Å². The molecular weight excluding hydrogens is 366 g/mol. The zero-order valence-corrected chi connectivity index (χ0v) is 16.4. The largest absolute Gasteiger partial charge is 0.480 e. The zero-order valence-electron chi connectivity index (χ0n) is 15.6. The van der Waals surface area contributed by atoms with Gasteiger partial charge in [0, 0.05) is 17.5 Å². The van der Waals surface area contributed by atoms with E-state index < -0.39 is 22.0 Å². The fraction of sp³-hybridized carbons (Fsp3) is 0.579. The lowest BCUT2D eigenvalue weighted by Gasteiger charge is -2.32. The van der Waals surface area contributed by atoms with Gasteiger partial charge in [-0.3, -0.25) is 9.48 Å². The summed E-state index contributed by atoms with van der Waals surface area (Å²) in [5.74, 6) is -0.913. The van der Waals surface area contributed by atoms with Gasteiger partial charge in [0.25, 0.3) is 0 Å². The van der Waals surface area contributed by atoms with Crippen LogP contribution in [0.25, 0.3) is 10.9 Å². The number of benzene rings is 1. The maximum atomic E-state index is 13.4. The second-order valence-electron chi connectivity index (χ2n) is 7.94. The highest BCUT2D eigenvalue weighted by atomic mass is 32.2. The summed E-state index contributed by atoms with van der Waals surface area (Å²) >= 11 is 0. The highest BCUT2D eigenvalue weighted by molar-refractivity contribution is 7.89. The molecule has 2 aliphatic rings. The molecule has 3 unspecified atom stereocenters. The van der Waals surface area contributed by atoms with Crippen molar-refractivity contribution in [1.82, 2.24) is 14.1 Å². The second-order valence-corrected chi connectivity index (χ2v) is 9.78. The van der Waals surface area contributed by atoms with E-state index in [1.165, 1.54) is 4.31 Å². The second kappa shape index (κ2) is 6.60. The molecule has 1 saturated carbocycles. The predicted molar refractivity (Wildman–Crippen MR) is 101 cm³/mol. The minimum absolute atomic E-state index is 0.141. The number of aliphatic carboxylic acids is 1. The van der Waals surface area contributed by atoms with Gasteiger partial charge in [0.1, 0.15) is 6.04 Å². The average Bonchev–Trinajstić information content (AvgIpc) is 3.23. The highest BCUT2D eigenvalue weighted by Crippen LogP contribution is 2.43. The zero-order chi connectivity index (χ0) is 19.3. The number of hydrogen-bond acceptors (Lipinski definition) is 4. The number of sulfonamides is 1. The maximum Gasteiger partial charge on any atom is 0.322 e. The van der Waals surface area contributed by atoms with Crippen molar-refractivity contribution in [2.75, 3.05) is 0 Å². The van der Waals surface area contributed by atoms with Gasteiger partial charge in [0.2, 0.25) is 10.0 Å². The fourth-order valence-electron chi connectivity index (χ4n) is 4.70. The molecule has 8 heteroatoms. The van der Waals surface area contributed by atoms with Crippen molar-refractivity contribution in [1.29, 1.82) is 0 Å². The van der Waals surface area contributed by atoms with E-state index in [-0.39, 0.29) is 22.9 Å². The van der Waals surface area contributed by atoms with Crippen LogP contribution in [0, 0.1) is 5.92 Å². The van der Waals surface area contributed by atoms with E-state index in [2.05, 4.69) is 5.10 Å². The van der Waals surface area contributed by atoms with Gasteiger partial charge < -0.3 is 5.11 Å². The lowest BCUT2D eigenvalue weighted by Crippen LogP contribution is -2.46.